The fraction of sp³-hybridized carbons (Fsp3) is 0.524. The van der Waals surface area contributed by atoms with Gasteiger partial charge in [0.2, 0.25) is 11.8 Å². The molecule has 0 unspecified atom stereocenters. The number of benzene rings is 1. The average molecular weight is 337 g/mol. The highest BCUT2D eigenvalue weighted by atomic mass is 16.5. The second-order valence-corrected chi connectivity index (χ2v) is 7.78. The van der Waals surface area contributed by atoms with Crippen LogP contribution in [-0.4, -0.2) is 18.9 Å². The van der Waals surface area contributed by atoms with Crippen molar-refractivity contribution in [3.8, 4) is 5.75 Å². The molecule has 3 fully saturated rings. The van der Waals surface area contributed by atoms with Crippen LogP contribution in [-0.2, 0) is 9.59 Å². The molecule has 0 N–H and O–H groups in total. The van der Waals surface area contributed by atoms with Crippen LogP contribution in [0.25, 0.3) is 0 Å². The number of nitrogens with zero attached hydrogens (tertiary/aromatic N) is 1. The Morgan fingerprint density at radius 2 is 1.48 bits per heavy atom. The molecule has 0 radical (unpaired) electrons. The molecule has 0 spiro atoms. The van der Waals surface area contributed by atoms with Gasteiger partial charge in [-0.2, -0.15) is 0 Å². The Kier molecular flexibility index (Phi) is 3.31. The molecule has 1 aromatic rings. The van der Waals surface area contributed by atoms with Gasteiger partial charge in [0.25, 0.3) is 0 Å². The molecule has 1 aromatic carbocycles. The minimum absolute atomic E-state index is 0.00477. The number of methoxy groups -OCH3 is 1. The van der Waals surface area contributed by atoms with Crippen molar-refractivity contribution in [1.82, 2.24) is 0 Å². The monoisotopic (exact) mass is 337 g/mol. The molecule has 0 aromatic heterocycles. The molecule has 4 heteroatoms. The van der Waals surface area contributed by atoms with Crippen LogP contribution in [0.1, 0.15) is 38.5 Å². The minimum Gasteiger partial charge on any atom is -0.495 e. The number of allylic oxidation sites excluding steroid dienone is 2. The fourth-order valence-electron chi connectivity index (χ4n) is 5.94. The van der Waals surface area contributed by atoms with Crippen molar-refractivity contribution in [2.45, 2.75) is 38.5 Å². The summed E-state index contributed by atoms with van der Waals surface area (Å²) in [6.45, 7) is 0. The molecule has 4 aliphatic rings. The van der Waals surface area contributed by atoms with Gasteiger partial charge >= 0.3 is 0 Å². The maximum atomic E-state index is 13.4. The number of para-hydroxylation sites is 2. The first-order valence-electron chi connectivity index (χ1n) is 9.45. The first-order valence-corrected chi connectivity index (χ1v) is 9.45. The summed E-state index contributed by atoms with van der Waals surface area (Å²) in [5, 5.41) is 0. The number of anilines is 1. The van der Waals surface area contributed by atoms with Crippen LogP contribution in [0.15, 0.2) is 35.4 Å². The fourth-order valence-corrected chi connectivity index (χ4v) is 5.94. The van der Waals surface area contributed by atoms with Crippen molar-refractivity contribution >= 4 is 17.5 Å². The standard InChI is InChI=1S/C21H23NO3/c1-25-17-11-3-2-10-16(17)22-20(23)18-14-8-4-6-12(14)13-7-5-9-15(13)19(18)21(22)24/h2-3,10-11,14-15,18-19H,4-9H2,1H3/t14-,15-,18-,19+/m1/s1. The van der Waals surface area contributed by atoms with Crippen LogP contribution in [0.3, 0.4) is 0 Å². The van der Waals surface area contributed by atoms with Gasteiger partial charge in [0.1, 0.15) is 5.75 Å². The van der Waals surface area contributed by atoms with Gasteiger partial charge in [-0.3, -0.25) is 9.59 Å². The number of carbonyl (C=O) groups is 2. The predicted octanol–water partition coefficient (Wildman–Crippen LogP) is 3.71. The lowest BCUT2D eigenvalue weighted by Crippen LogP contribution is -2.35. The molecular weight excluding hydrogens is 314 g/mol. The summed E-state index contributed by atoms with van der Waals surface area (Å²) < 4.78 is 5.42. The van der Waals surface area contributed by atoms with Gasteiger partial charge in [0.15, 0.2) is 0 Å². The van der Waals surface area contributed by atoms with Crippen LogP contribution >= 0.6 is 0 Å². The molecule has 4 atom stereocenters. The molecule has 130 valence electrons. The average Bonchev–Trinajstić information content (AvgIpc) is 3.33. The summed E-state index contributed by atoms with van der Waals surface area (Å²) in [6.07, 6.45) is 6.72. The van der Waals surface area contributed by atoms with Gasteiger partial charge in [0.05, 0.1) is 24.6 Å². The number of rotatable bonds is 2. The normalized spacial score (nSPS) is 33.6. The third-order valence-corrected chi connectivity index (χ3v) is 6.82. The Morgan fingerprint density at radius 3 is 2.04 bits per heavy atom. The summed E-state index contributed by atoms with van der Waals surface area (Å²) in [5.74, 6) is 0.873. The number of hydrogen-bond acceptors (Lipinski definition) is 3. The number of hydrogen-bond donors (Lipinski definition) is 0. The Hall–Kier alpha value is -2.10. The maximum absolute atomic E-state index is 13.4. The summed E-state index contributed by atoms with van der Waals surface area (Å²) in [5.41, 5.74) is 3.67. The van der Waals surface area contributed by atoms with E-state index in [1.807, 2.05) is 24.3 Å². The Labute approximate surface area is 147 Å². The molecule has 5 rings (SSSR count). The van der Waals surface area contributed by atoms with E-state index in [0.29, 0.717) is 23.3 Å². The zero-order valence-corrected chi connectivity index (χ0v) is 14.5. The van der Waals surface area contributed by atoms with Gasteiger partial charge in [-0.25, -0.2) is 4.90 Å². The van der Waals surface area contributed by atoms with Crippen molar-refractivity contribution in [1.29, 1.82) is 0 Å². The van der Waals surface area contributed by atoms with Gasteiger partial charge in [0, 0.05) is 0 Å². The van der Waals surface area contributed by atoms with Crippen LogP contribution in [0.2, 0.25) is 0 Å². The van der Waals surface area contributed by atoms with E-state index >= 15 is 0 Å². The second kappa shape index (κ2) is 5.45. The molecule has 1 heterocycles. The van der Waals surface area contributed by atoms with E-state index in [-0.39, 0.29) is 23.7 Å². The Morgan fingerprint density at radius 1 is 0.920 bits per heavy atom. The highest BCUT2D eigenvalue weighted by Crippen LogP contribution is 2.58. The lowest BCUT2D eigenvalue weighted by atomic mass is 9.66. The van der Waals surface area contributed by atoms with Gasteiger partial charge in [-0.15, -0.1) is 0 Å². The number of carbonyl (C=O) groups excluding carboxylic acids is 2. The highest BCUT2D eigenvalue weighted by molar-refractivity contribution is 6.23. The van der Waals surface area contributed by atoms with E-state index < -0.39 is 0 Å². The largest absolute Gasteiger partial charge is 0.495 e. The van der Waals surface area contributed by atoms with Crippen molar-refractivity contribution in [2.75, 3.05) is 12.0 Å². The van der Waals surface area contributed by atoms with E-state index in [0.717, 1.165) is 38.5 Å². The van der Waals surface area contributed by atoms with Gasteiger partial charge in [-0.05, 0) is 62.5 Å². The number of ether oxygens (including phenoxy) is 1. The molecule has 2 amide bonds. The summed E-state index contributed by atoms with van der Waals surface area (Å²) in [7, 11) is 1.59. The Balaban J connectivity index is 1.62. The SMILES string of the molecule is COc1ccccc1N1C(=O)[C@@H]2[C@H](C1=O)[C@@H]1CCCC1=C1CCC[C@H]12. The van der Waals surface area contributed by atoms with E-state index in [1.165, 1.54) is 16.0 Å². The quantitative estimate of drug-likeness (QED) is 0.610. The topological polar surface area (TPSA) is 46.6 Å². The smallest absolute Gasteiger partial charge is 0.238 e. The van der Waals surface area contributed by atoms with E-state index in [1.54, 1.807) is 7.11 Å². The van der Waals surface area contributed by atoms with Crippen molar-refractivity contribution in [3.63, 3.8) is 0 Å². The van der Waals surface area contributed by atoms with Crippen molar-refractivity contribution in [3.05, 3.63) is 35.4 Å². The molecular formula is C21H23NO3. The number of imide groups is 1. The first kappa shape index (κ1) is 15.2. The molecule has 3 aliphatic carbocycles. The molecule has 1 saturated heterocycles. The van der Waals surface area contributed by atoms with E-state index in [2.05, 4.69) is 0 Å². The predicted molar refractivity (Wildman–Crippen MR) is 94.2 cm³/mol. The van der Waals surface area contributed by atoms with E-state index in [9.17, 15) is 9.59 Å². The molecule has 1 aliphatic heterocycles. The van der Waals surface area contributed by atoms with E-state index in [4.69, 9.17) is 4.74 Å². The summed E-state index contributed by atoms with van der Waals surface area (Å²) >= 11 is 0. The van der Waals surface area contributed by atoms with Crippen LogP contribution in [0, 0.1) is 23.7 Å². The second-order valence-electron chi connectivity index (χ2n) is 7.78. The van der Waals surface area contributed by atoms with Gasteiger partial charge < -0.3 is 4.74 Å². The zero-order chi connectivity index (χ0) is 17.1. The third-order valence-electron chi connectivity index (χ3n) is 6.82. The molecule has 2 saturated carbocycles. The van der Waals surface area contributed by atoms with Crippen LogP contribution in [0.4, 0.5) is 5.69 Å². The van der Waals surface area contributed by atoms with Crippen LogP contribution in [0.5, 0.6) is 5.75 Å². The molecule has 25 heavy (non-hydrogen) atoms. The van der Waals surface area contributed by atoms with Crippen molar-refractivity contribution in [2.24, 2.45) is 23.7 Å². The number of amides is 2. The highest BCUT2D eigenvalue weighted by Gasteiger charge is 2.59. The lowest BCUT2D eigenvalue weighted by molar-refractivity contribution is -0.122. The summed E-state index contributed by atoms with van der Waals surface area (Å²) in [6, 6.07) is 7.37. The van der Waals surface area contributed by atoms with Gasteiger partial charge in [-0.1, -0.05) is 23.3 Å². The lowest BCUT2D eigenvalue weighted by Gasteiger charge is -2.34. The first-order chi connectivity index (χ1) is 12.2. The third kappa shape index (κ3) is 1.94. The minimum atomic E-state index is -0.151. The molecule has 0 bridgehead atoms. The van der Waals surface area contributed by atoms with Crippen LogP contribution < -0.4 is 9.64 Å². The zero-order valence-electron chi connectivity index (χ0n) is 14.5. The Bertz CT molecular complexity index is 754. The summed E-state index contributed by atoms with van der Waals surface area (Å²) in [4.78, 5) is 28.2. The molecule has 4 nitrogen and oxygen atoms in total. The maximum Gasteiger partial charge on any atom is 0.238 e. The van der Waals surface area contributed by atoms with Crippen molar-refractivity contribution < 1.29 is 14.3 Å². The number of fused-ring (bicyclic) bond motifs is 5.